The van der Waals surface area contributed by atoms with Crippen LogP contribution >= 0.6 is 22.5 Å². The first-order valence-electron chi connectivity index (χ1n) is 3.15. The Kier molecular flexibility index (Phi) is 6.02. The van der Waals surface area contributed by atoms with Crippen molar-refractivity contribution in [3.05, 3.63) is 0 Å². The number of carboxylic acids is 1. The van der Waals surface area contributed by atoms with Crippen molar-refractivity contribution in [1.29, 1.82) is 0 Å². The van der Waals surface area contributed by atoms with Crippen molar-refractivity contribution in [3.63, 3.8) is 0 Å². The van der Waals surface area contributed by atoms with Gasteiger partial charge in [-0.05, 0) is 12.3 Å². The molecule has 0 bridgehead atoms. The van der Waals surface area contributed by atoms with Crippen molar-refractivity contribution in [2.24, 2.45) is 5.92 Å². The molecule has 0 spiro atoms. The van der Waals surface area contributed by atoms with Crippen LogP contribution < -0.4 is 0 Å². The standard InChI is InChI=1S/C6H12O2S2/c1-5(4-10-9)2-3-6(7)8/h5,9H,2-4H2,1H3,(H,7,8). The molecule has 1 N–H and O–H groups in total. The van der Waals surface area contributed by atoms with E-state index in [4.69, 9.17) is 5.11 Å². The summed E-state index contributed by atoms with van der Waals surface area (Å²) in [5.41, 5.74) is 0. The van der Waals surface area contributed by atoms with Gasteiger partial charge >= 0.3 is 5.97 Å². The third kappa shape index (κ3) is 6.29. The highest BCUT2D eigenvalue weighted by Crippen LogP contribution is 2.15. The van der Waals surface area contributed by atoms with Crippen LogP contribution in [0.15, 0.2) is 0 Å². The summed E-state index contributed by atoms with van der Waals surface area (Å²) in [6.45, 7) is 2.03. The Morgan fingerprint density at radius 3 is 2.80 bits per heavy atom. The second kappa shape index (κ2) is 5.92. The average Bonchev–Trinajstić information content (AvgIpc) is 1.85. The second-order valence-electron chi connectivity index (χ2n) is 2.33. The van der Waals surface area contributed by atoms with Crippen LogP contribution in [0.2, 0.25) is 0 Å². The molecule has 0 amide bonds. The molecule has 1 unspecified atom stereocenters. The van der Waals surface area contributed by atoms with Crippen molar-refractivity contribution in [2.45, 2.75) is 19.8 Å². The predicted molar refractivity (Wildman–Crippen MR) is 47.5 cm³/mol. The van der Waals surface area contributed by atoms with E-state index in [1.165, 1.54) is 10.8 Å². The van der Waals surface area contributed by atoms with Gasteiger partial charge in [-0.15, -0.1) is 11.7 Å². The van der Waals surface area contributed by atoms with E-state index in [-0.39, 0.29) is 6.42 Å². The molecule has 0 rings (SSSR count). The average molecular weight is 180 g/mol. The van der Waals surface area contributed by atoms with Gasteiger partial charge < -0.3 is 5.11 Å². The van der Waals surface area contributed by atoms with Crippen LogP contribution in [0.5, 0.6) is 0 Å². The molecule has 0 aromatic carbocycles. The van der Waals surface area contributed by atoms with E-state index < -0.39 is 5.97 Å². The fourth-order valence-corrected chi connectivity index (χ4v) is 1.77. The van der Waals surface area contributed by atoms with Gasteiger partial charge in [0.1, 0.15) is 0 Å². The first kappa shape index (κ1) is 10.2. The number of rotatable bonds is 5. The fraction of sp³-hybridized carbons (Fsp3) is 0.833. The molecular formula is C6H12O2S2. The maximum atomic E-state index is 10.1. The van der Waals surface area contributed by atoms with Crippen molar-refractivity contribution in [2.75, 3.05) is 5.75 Å². The summed E-state index contributed by atoms with van der Waals surface area (Å²) in [7, 11) is 1.46. The Balaban J connectivity index is 3.21. The van der Waals surface area contributed by atoms with Crippen LogP contribution in [-0.4, -0.2) is 16.8 Å². The minimum atomic E-state index is -0.712. The lowest BCUT2D eigenvalue weighted by Crippen LogP contribution is -2.02. The number of thiol groups is 1. The lowest BCUT2D eigenvalue weighted by molar-refractivity contribution is -0.137. The minimum Gasteiger partial charge on any atom is -0.481 e. The maximum Gasteiger partial charge on any atom is 0.303 e. The van der Waals surface area contributed by atoms with Gasteiger partial charge in [-0.1, -0.05) is 17.7 Å². The highest BCUT2D eigenvalue weighted by atomic mass is 33.1. The Morgan fingerprint density at radius 2 is 2.40 bits per heavy atom. The Labute approximate surface area is 70.2 Å². The van der Waals surface area contributed by atoms with Crippen molar-refractivity contribution in [1.82, 2.24) is 0 Å². The molecule has 0 fully saturated rings. The normalized spacial score (nSPS) is 13.0. The van der Waals surface area contributed by atoms with E-state index in [1.807, 2.05) is 6.92 Å². The van der Waals surface area contributed by atoms with Gasteiger partial charge in [-0.3, -0.25) is 4.79 Å². The Hall–Kier alpha value is 0.170. The van der Waals surface area contributed by atoms with Gasteiger partial charge in [0.25, 0.3) is 0 Å². The number of carboxylic acid groups (broad SMARTS) is 1. The largest absolute Gasteiger partial charge is 0.481 e. The molecule has 0 saturated heterocycles. The van der Waals surface area contributed by atoms with Gasteiger partial charge in [0.15, 0.2) is 0 Å². The predicted octanol–water partition coefficient (Wildman–Crippen LogP) is 2.07. The highest BCUT2D eigenvalue weighted by Gasteiger charge is 2.03. The number of hydrogen-bond donors (Lipinski definition) is 2. The molecule has 10 heavy (non-hydrogen) atoms. The molecule has 0 aliphatic carbocycles. The van der Waals surface area contributed by atoms with E-state index >= 15 is 0 Å². The number of carbonyl (C=O) groups is 1. The lowest BCUT2D eigenvalue weighted by atomic mass is 10.1. The monoisotopic (exact) mass is 180 g/mol. The Morgan fingerprint density at radius 1 is 1.80 bits per heavy atom. The summed E-state index contributed by atoms with van der Waals surface area (Å²) in [6.07, 6.45) is 1.03. The van der Waals surface area contributed by atoms with Crippen LogP contribution in [0.3, 0.4) is 0 Å². The molecule has 0 aliphatic rings. The SMILES string of the molecule is CC(CCC(=O)O)CSS. The summed E-state index contributed by atoms with van der Waals surface area (Å²) in [6, 6.07) is 0. The summed E-state index contributed by atoms with van der Waals surface area (Å²) in [5.74, 6) is 0.672. The van der Waals surface area contributed by atoms with Crippen LogP contribution in [0.25, 0.3) is 0 Å². The zero-order valence-corrected chi connectivity index (χ0v) is 7.62. The second-order valence-corrected chi connectivity index (χ2v) is 3.70. The maximum absolute atomic E-state index is 10.1. The van der Waals surface area contributed by atoms with Crippen LogP contribution in [0.4, 0.5) is 0 Å². The third-order valence-corrected chi connectivity index (χ3v) is 2.38. The smallest absolute Gasteiger partial charge is 0.303 e. The van der Waals surface area contributed by atoms with Crippen LogP contribution in [-0.2, 0) is 4.79 Å². The van der Waals surface area contributed by atoms with Crippen molar-refractivity contribution in [3.8, 4) is 0 Å². The molecule has 2 nitrogen and oxygen atoms in total. The quantitative estimate of drug-likeness (QED) is 0.502. The molecule has 0 saturated carbocycles. The fourth-order valence-electron chi connectivity index (χ4n) is 0.580. The van der Waals surface area contributed by atoms with Gasteiger partial charge in [-0.2, -0.15) is 0 Å². The zero-order chi connectivity index (χ0) is 7.98. The molecule has 0 heterocycles. The molecule has 0 aliphatic heterocycles. The zero-order valence-electron chi connectivity index (χ0n) is 5.91. The summed E-state index contributed by atoms with van der Waals surface area (Å²) >= 11 is 3.97. The van der Waals surface area contributed by atoms with Crippen LogP contribution in [0.1, 0.15) is 19.8 Å². The summed E-state index contributed by atoms with van der Waals surface area (Å²) in [5, 5.41) is 8.30. The van der Waals surface area contributed by atoms with Gasteiger partial charge in [0.2, 0.25) is 0 Å². The van der Waals surface area contributed by atoms with Crippen molar-refractivity contribution >= 4 is 28.4 Å². The third-order valence-electron chi connectivity index (χ3n) is 1.21. The molecule has 0 radical (unpaired) electrons. The molecule has 0 aromatic heterocycles. The van der Waals surface area contributed by atoms with E-state index in [9.17, 15) is 4.79 Å². The minimum absolute atomic E-state index is 0.273. The number of hydrogen-bond acceptors (Lipinski definition) is 3. The first-order chi connectivity index (χ1) is 4.66. The van der Waals surface area contributed by atoms with Gasteiger partial charge in [0, 0.05) is 12.2 Å². The molecule has 1 atom stereocenters. The summed E-state index contributed by atoms with van der Waals surface area (Å²) < 4.78 is 0. The van der Waals surface area contributed by atoms with E-state index in [0.717, 1.165) is 12.2 Å². The number of aliphatic carboxylic acids is 1. The topological polar surface area (TPSA) is 37.3 Å². The molecular weight excluding hydrogens is 168 g/mol. The van der Waals surface area contributed by atoms with E-state index in [0.29, 0.717) is 5.92 Å². The first-order valence-corrected chi connectivity index (χ1v) is 5.18. The molecule has 60 valence electrons. The molecule has 0 aromatic rings. The van der Waals surface area contributed by atoms with Crippen LogP contribution in [0, 0.1) is 5.92 Å². The molecule has 4 heteroatoms. The van der Waals surface area contributed by atoms with Crippen molar-refractivity contribution < 1.29 is 9.90 Å². The summed E-state index contributed by atoms with van der Waals surface area (Å²) in [4.78, 5) is 10.1. The Bertz CT molecular complexity index is 106. The van der Waals surface area contributed by atoms with Gasteiger partial charge in [0.05, 0.1) is 0 Å². The lowest BCUT2D eigenvalue weighted by Gasteiger charge is -2.05. The van der Waals surface area contributed by atoms with E-state index in [2.05, 4.69) is 11.7 Å². The van der Waals surface area contributed by atoms with Gasteiger partial charge in [-0.25, -0.2) is 0 Å². The highest BCUT2D eigenvalue weighted by molar-refractivity contribution is 8.68. The van der Waals surface area contributed by atoms with E-state index in [1.54, 1.807) is 0 Å².